The maximum Gasteiger partial charge on any atom is 0.220 e. The van der Waals surface area contributed by atoms with Gasteiger partial charge in [-0.15, -0.1) is 0 Å². The zero-order valence-corrected chi connectivity index (χ0v) is 8.68. The van der Waals surface area contributed by atoms with Gasteiger partial charge in [0.2, 0.25) is 5.91 Å². The van der Waals surface area contributed by atoms with Crippen LogP contribution in [0.3, 0.4) is 0 Å². The number of nitrogens with zero attached hydrogens (tertiary/aromatic N) is 1. The molecule has 0 aromatic carbocycles. The zero-order valence-electron chi connectivity index (χ0n) is 8.68. The van der Waals surface area contributed by atoms with E-state index in [-0.39, 0.29) is 5.91 Å². The van der Waals surface area contributed by atoms with Crippen molar-refractivity contribution in [3.63, 3.8) is 0 Å². The highest BCUT2D eigenvalue weighted by molar-refractivity contribution is 5.75. The van der Waals surface area contributed by atoms with E-state index in [0.717, 1.165) is 25.9 Å². The van der Waals surface area contributed by atoms with Crippen LogP contribution in [-0.4, -0.2) is 44.5 Å². The highest BCUT2D eigenvalue weighted by Crippen LogP contribution is 1.92. The van der Waals surface area contributed by atoms with Crippen molar-refractivity contribution in [2.75, 3.05) is 33.7 Å². The van der Waals surface area contributed by atoms with Crippen LogP contribution in [0, 0.1) is 0 Å². The van der Waals surface area contributed by atoms with Crippen LogP contribution in [0.2, 0.25) is 0 Å². The Hall–Kier alpha value is -0.610. The van der Waals surface area contributed by atoms with E-state index in [2.05, 4.69) is 5.32 Å². The van der Waals surface area contributed by atoms with Gasteiger partial charge in [-0.25, -0.2) is 0 Å². The van der Waals surface area contributed by atoms with Gasteiger partial charge >= 0.3 is 0 Å². The second kappa shape index (κ2) is 8.01. The predicted molar refractivity (Wildman–Crippen MR) is 54.5 cm³/mol. The molecule has 0 fully saturated rings. The highest BCUT2D eigenvalue weighted by Gasteiger charge is 1.99. The highest BCUT2D eigenvalue weighted by atomic mass is 16.1. The molecule has 0 aliphatic heterocycles. The van der Waals surface area contributed by atoms with Crippen LogP contribution >= 0.6 is 0 Å². The molecule has 0 spiro atoms. The third kappa shape index (κ3) is 9.30. The van der Waals surface area contributed by atoms with Gasteiger partial charge in [-0.05, 0) is 33.5 Å². The standard InChI is InChI=1S/C9H21N3O/c1-12(2)8-7-11-9(13)5-3-4-6-10/h3-8,10H2,1-2H3,(H,11,13). The molecule has 0 rings (SSSR count). The molecule has 0 atom stereocenters. The lowest BCUT2D eigenvalue weighted by atomic mass is 10.2. The SMILES string of the molecule is CN(C)CCNC(=O)CCCCN. The number of likely N-dealkylation sites (N-methyl/N-ethyl adjacent to an activating group) is 1. The van der Waals surface area contributed by atoms with Gasteiger partial charge < -0.3 is 16.0 Å². The van der Waals surface area contributed by atoms with Crippen LogP contribution < -0.4 is 11.1 Å². The molecular formula is C9H21N3O. The normalized spacial score (nSPS) is 10.5. The molecule has 4 nitrogen and oxygen atoms in total. The van der Waals surface area contributed by atoms with Gasteiger partial charge in [0.15, 0.2) is 0 Å². The summed E-state index contributed by atoms with van der Waals surface area (Å²) in [6, 6.07) is 0. The van der Waals surface area contributed by atoms with Gasteiger partial charge in [0.25, 0.3) is 0 Å². The van der Waals surface area contributed by atoms with Crippen molar-refractivity contribution in [3.05, 3.63) is 0 Å². The molecule has 0 aliphatic rings. The minimum absolute atomic E-state index is 0.135. The number of amides is 1. The smallest absolute Gasteiger partial charge is 0.220 e. The summed E-state index contributed by atoms with van der Waals surface area (Å²) >= 11 is 0. The van der Waals surface area contributed by atoms with Crippen molar-refractivity contribution < 1.29 is 4.79 Å². The number of carbonyl (C=O) groups excluding carboxylic acids is 1. The van der Waals surface area contributed by atoms with Gasteiger partial charge in [0.05, 0.1) is 0 Å². The Kier molecular flexibility index (Phi) is 7.63. The third-order valence-corrected chi connectivity index (χ3v) is 1.74. The Morgan fingerprint density at radius 1 is 1.38 bits per heavy atom. The summed E-state index contributed by atoms with van der Waals surface area (Å²) in [5.41, 5.74) is 5.32. The van der Waals surface area contributed by atoms with E-state index in [4.69, 9.17) is 5.73 Å². The number of hydrogen-bond donors (Lipinski definition) is 2. The molecule has 0 heterocycles. The van der Waals surface area contributed by atoms with E-state index in [9.17, 15) is 4.79 Å². The lowest BCUT2D eigenvalue weighted by Crippen LogP contribution is -2.31. The Bertz CT molecular complexity index is 137. The Morgan fingerprint density at radius 3 is 2.62 bits per heavy atom. The molecule has 3 N–H and O–H groups in total. The summed E-state index contributed by atoms with van der Waals surface area (Å²) in [6.07, 6.45) is 2.43. The second-order valence-corrected chi connectivity index (χ2v) is 3.40. The summed E-state index contributed by atoms with van der Waals surface area (Å²) in [4.78, 5) is 13.2. The van der Waals surface area contributed by atoms with Gasteiger partial charge in [0, 0.05) is 19.5 Å². The van der Waals surface area contributed by atoms with Crippen molar-refractivity contribution in [2.45, 2.75) is 19.3 Å². The first kappa shape index (κ1) is 12.4. The Morgan fingerprint density at radius 2 is 2.08 bits per heavy atom. The minimum Gasteiger partial charge on any atom is -0.355 e. The molecule has 1 amide bonds. The number of unbranched alkanes of at least 4 members (excludes halogenated alkanes) is 1. The summed E-state index contributed by atoms with van der Waals surface area (Å²) in [7, 11) is 3.97. The van der Waals surface area contributed by atoms with Crippen LogP contribution in [0.5, 0.6) is 0 Å². The first-order chi connectivity index (χ1) is 6.16. The van der Waals surface area contributed by atoms with Crippen LogP contribution in [0.1, 0.15) is 19.3 Å². The van der Waals surface area contributed by atoms with Gasteiger partial charge in [-0.3, -0.25) is 4.79 Å². The molecule has 78 valence electrons. The molecule has 4 heteroatoms. The van der Waals surface area contributed by atoms with Crippen molar-refractivity contribution in [3.8, 4) is 0 Å². The van der Waals surface area contributed by atoms with E-state index in [0.29, 0.717) is 13.0 Å². The van der Waals surface area contributed by atoms with Crippen molar-refractivity contribution in [2.24, 2.45) is 5.73 Å². The summed E-state index contributed by atoms with van der Waals surface area (Å²) in [5, 5.41) is 2.85. The fourth-order valence-corrected chi connectivity index (χ4v) is 0.937. The Labute approximate surface area is 80.5 Å². The number of hydrogen-bond acceptors (Lipinski definition) is 3. The van der Waals surface area contributed by atoms with Crippen LogP contribution in [0.4, 0.5) is 0 Å². The molecule has 0 radical (unpaired) electrons. The Balaban J connectivity index is 3.20. The molecule has 0 saturated carbocycles. The average Bonchev–Trinajstić information content (AvgIpc) is 2.04. The molecular weight excluding hydrogens is 166 g/mol. The quantitative estimate of drug-likeness (QED) is 0.542. The van der Waals surface area contributed by atoms with Crippen LogP contribution in [0.15, 0.2) is 0 Å². The van der Waals surface area contributed by atoms with Crippen molar-refractivity contribution in [1.29, 1.82) is 0 Å². The first-order valence-corrected chi connectivity index (χ1v) is 4.78. The van der Waals surface area contributed by atoms with E-state index in [1.54, 1.807) is 0 Å². The monoisotopic (exact) mass is 187 g/mol. The molecule has 0 aromatic rings. The van der Waals surface area contributed by atoms with Gasteiger partial charge in [0.1, 0.15) is 0 Å². The molecule has 0 aliphatic carbocycles. The van der Waals surface area contributed by atoms with E-state index < -0.39 is 0 Å². The van der Waals surface area contributed by atoms with Crippen LogP contribution in [-0.2, 0) is 4.79 Å². The molecule has 0 unspecified atom stereocenters. The summed E-state index contributed by atoms with van der Waals surface area (Å²) in [6.45, 7) is 2.29. The molecule has 13 heavy (non-hydrogen) atoms. The van der Waals surface area contributed by atoms with E-state index in [1.165, 1.54) is 0 Å². The number of carbonyl (C=O) groups is 1. The lowest BCUT2D eigenvalue weighted by Gasteiger charge is -2.10. The largest absolute Gasteiger partial charge is 0.355 e. The molecule has 0 saturated heterocycles. The van der Waals surface area contributed by atoms with E-state index in [1.807, 2.05) is 19.0 Å². The second-order valence-electron chi connectivity index (χ2n) is 3.40. The first-order valence-electron chi connectivity index (χ1n) is 4.78. The fourth-order valence-electron chi connectivity index (χ4n) is 0.937. The van der Waals surface area contributed by atoms with Gasteiger partial charge in [-0.1, -0.05) is 0 Å². The topological polar surface area (TPSA) is 58.4 Å². The number of rotatable bonds is 7. The van der Waals surface area contributed by atoms with Gasteiger partial charge in [-0.2, -0.15) is 0 Å². The predicted octanol–water partition coefficient (Wildman–Crippen LogP) is -0.207. The molecule has 0 aromatic heterocycles. The maximum absolute atomic E-state index is 11.1. The summed E-state index contributed by atoms with van der Waals surface area (Å²) in [5.74, 6) is 0.135. The minimum atomic E-state index is 0.135. The van der Waals surface area contributed by atoms with E-state index >= 15 is 0 Å². The fraction of sp³-hybridized carbons (Fsp3) is 0.889. The summed E-state index contributed by atoms with van der Waals surface area (Å²) < 4.78 is 0. The third-order valence-electron chi connectivity index (χ3n) is 1.74. The van der Waals surface area contributed by atoms with Crippen molar-refractivity contribution in [1.82, 2.24) is 10.2 Å². The zero-order chi connectivity index (χ0) is 10.1. The number of nitrogens with one attached hydrogen (secondary N) is 1. The van der Waals surface area contributed by atoms with Crippen molar-refractivity contribution >= 4 is 5.91 Å². The lowest BCUT2D eigenvalue weighted by molar-refractivity contribution is -0.121. The maximum atomic E-state index is 11.1. The number of nitrogens with two attached hydrogens (primary N) is 1. The average molecular weight is 187 g/mol. The van der Waals surface area contributed by atoms with Crippen LogP contribution in [0.25, 0.3) is 0 Å². The molecule has 0 bridgehead atoms.